The summed E-state index contributed by atoms with van der Waals surface area (Å²) in [6, 6.07) is 8.74. The van der Waals surface area contributed by atoms with Crippen LogP contribution in [0.3, 0.4) is 0 Å². The van der Waals surface area contributed by atoms with Gasteiger partial charge in [0.25, 0.3) is 0 Å². The van der Waals surface area contributed by atoms with Gasteiger partial charge in [0.15, 0.2) is 0 Å². The molecule has 2 atom stereocenters. The fourth-order valence-corrected chi connectivity index (χ4v) is 3.13. The van der Waals surface area contributed by atoms with Crippen molar-refractivity contribution in [2.75, 3.05) is 20.2 Å². The number of hydrogen-bond acceptors (Lipinski definition) is 2. The summed E-state index contributed by atoms with van der Waals surface area (Å²) in [5, 5.41) is 3.34. The van der Waals surface area contributed by atoms with Crippen LogP contribution in [0.4, 0.5) is 0 Å². The van der Waals surface area contributed by atoms with Gasteiger partial charge in [0.05, 0.1) is 6.61 Å². The summed E-state index contributed by atoms with van der Waals surface area (Å²) < 4.78 is 5.51. The molecule has 2 nitrogen and oxygen atoms in total. The van der Waals surface area contributed by atoms with Crippen molar-refractivity contribution in [2.45, 2.75) is 38.5 Å². The van der Waals surface area contributed by atoms with Crippen molar-refractivity contribution < 1.29 is 4.74 Å². The van der Waals surface area contributed by atoms with E-state index in [0.717, 1.165) is 30.7 Å². The molecular weight excluding hydrogens is 222 g/mol. The standard InChI is InChI=1S/C16H25NO/c1-3-18-15-10-8-13(9-11-15)16-7-5-4-6-14(16)12-17-2/h8-11,14,16-17H,3-7,12H2,1-2H3. The van der Waals surface area contributed by atoms with Crippen LogP contribution < -0.4 is 10.1 Å². The number of ether oxygens (including phenoxy) is 1. The number of rotatable bonds is 5. The van der Waals surface area contributed by atoms with Gasteiger partial charge < -0.3 is 10.1 Å². The Morgan fingerprint density at radius 1 is 1.17 bits per heavy atom. The minimum absolute atomic E-state index is 0.724. The van der Waals surface area contributed by atoms with Crippen LogP contribution in [-0.4, -0.2) is 20.2 Å². The Morgan fingerprint density at radius 2 is 1.89 bits per heavy atom. The molecule has 1 aliphatic rings. The van der Waals surface area contributed by atoms with Crippen LogP contribution in [0.15, 0.2) is 24.3 Å². The van der Waals surface area contributed by atoms with Crippen molar-refractivity contribution in [1.82, 2.24) is 5.32 Å². The molecule has 1 aromatic carbocycles. The van der Waals surface area contributed by atoms with E-state index in [0.29, 0.717) is 0 Å². The first-order valence-electron chi connectivity index (χ1n) is 7.22. The Kier molecular flexibility index (Phi) is 5.06. The molecule has 18 heavy (non-hydrogen) atoms. The summed E-state index contributed by atoms with van der Waals surface area (Å²) in [7, 11) is 2.06. The monoisotopic (exact) mass is 247 g/mol. The van der Waals surface area contributed by atoms with Crippen LogP contribution in [0.25, 0.3) is 0 Å². The fourth-order valence-electron chi connectivity index (χ4n) is 3.13. The average Bonchev–Trinajstić information content (AvgIpc) is 2.41. The molecule has 2 unspecified atom stereocenters. The molecule has 1 aromatic rings. The van der Waals surface area contributed by atoms with Crippen molar-refractivity contribution in [3.63, 3.8) is 0 Å². The second-order valence-corrected chi connectivity index (χ2v) is 5.21. The van der Waals surface area contributed by atoms with Gasteiger partial charge in [-0.1, -0.05) is 25.0 Å². The van der Waals surface area contributed by atoms with Gasteiger partial charge in [-0.2, -0.15) is 0 Å². The number of benzene rings is 1. The normalized spacial score (nSPS) is 23.9. The lowest BCUT2D eigenvalue weighted by molar-refractivity contribution is 0.300. The Morgan fingerprint density at radius 3 is 2.56 bits per heavy atom. The summed E-state index contributed by atoms with van der Waals surface area (Å²) >= 11 is 0. The van der Waals surface area contributed by atoms with E-state index in [-0.39, 0.29) is 0 Å². The molecule has 0 bridgehead atoms. The maximum Gasteiger partial charge on any atom is 0.119 e. The molecule has 1 aliphatic carbocycles. The van der Waals surface area contributed by atoms with Crippen LogP contribution in [0.5, 0.6) is 5.75 Å². The maximum atomic E-state index is 5.51. The summed E-state index contributed by atoms with van der Waals surface area (Å²) in [5.41, 5.74) is 1.48. The highest BCUT2D eigenvalue weighted by molar-refractivity contribution is 5.30. The lowest BCUT2D eigenvalue weighted by Gasteiger charge is -2.32. The van der Waals surface area contributed by atoms with Crippen LogP contribution >= 0.6 is 0 Å². The highest BCUT2D eigenvalue weighted by Crippen LogP contribution is 2.37. The average molecular weight is 247 g/mol. The van der Waals surface area contributed by atoms with E-state index >= 15 is 0 Å². The summed E-state index contributed by atoms with van der Waals surface area (Å²) in [6.07, 6.45) is 5.46. The van der Waals surface area contributed by atoms with E-state index in [4.69, 9.17) is 4.74 Å². The summed E-state index contributed by atoms with van der Waals surface area (Å²) in [6.45, 7) is 3.90. The predicted octanol–water partition coefficient (Wildman–Crippen LogP) is 3.58. The first-order valence-corrected chi connectivity index (χ1v) is 7.22. The third-order valence-corrected chi connectivity index (χ3v) is 3.99. The second-order valence-electron chi connectivity index (χ2n) is 5.21. The van der Waals surface area contributed by atoms with Crippen LogP contribution in [0, 0.1) is 5.92 Å². The fraction of sp³-hybridized carbons (Fsp3) is 0.625. The first-order chi connectivity index (χ1) is 8.85. The molecule has 2 heteroatoms. The number of hydrogen-bond donors (Lipinski definition) is 1. The molecule has 0 amide bonds. The van der Waals surface area contributed by atoms with Gasteiger partial charge in [-0.15, -0.1) is 0 Å². The summed E-state index contributed by atoms with van der Waals surface area (Å²) in [4.78, 5) is 0. The Balaban J connectivity index is 2.07. The second kappa shape index (κ2) is 6.79. The molecule has 0 spiro atoms. The van der Waals surface area contributed by atoms with Gasteiger partial charge in [0.1, 0.15) is 5.75 Å². The third kappa shape index (κ3) is 3.26. The molecule has 100 valence electrons. The smallest absolute Gasteiger partial charge is 0.119 e. The highest BCUT2D eigenvalue weighted by Gasteiger charge is 2.25. The molecule has 2 rings (SSSR count). The predicted molar refractivity (Wildman–Crippen MR) is 76.2 cm³/mol. The Labute approximate surface area is 111 Å². The molecular formula is C16H25NO. The van der Waals surface area contributed by atoms with Gasteiger partial charge in [0, 0.05) is 0 Å². The topological polar surface area (TPSA) is 21.3 Å². The third-order valence-electron chi connectivity index (χ3n) is 3.99. The zero-order chi connectivity index (χ0) is 12.8. The van der Waals surface area contributed by atoms with Crippen molar-refractivity contribution in [3.05, 3.63) is 29.8 Å². The van der Waals surface area contributed by atoms with Crippen molar-refractivity contribution in [2.24, 2.45) is 5.92 Å². The van der Waals surface area contributed by atoms with E-state index in [9.17, 15) is 0 Å². The van der Waals surface area contributed by atoms with E-state index in [1.807, 2.05) is 6.92 Å². The molecule has 0 aromatic heterocycles. The lowest BCUT2D eigenvalue weighted by atomic mass is 9.75. The van der Waals surface area contributed by atoms with Gasteiger partial charge in [-0.3, -0.25) is 0 Å². The molecule has 1 saturated carbocycles. The minimum atomic E-state index is 0.724. The van der Waals surface area contributed by atoms with Crippen molar-refractivity contribution in [1.29, 1.82) is 0 Å². The zero-order valence-corrected chi connectivity index (χ0v) is 11.6. The van der Waals surface area contributed by atoms with Gasteiger partial charge >= 0.3 is 0 Å². The maximum absolute atomic E-state index is 5.51. The largest absolute Gasteiger partial charge is 0.494 e. The summed E-state index contributed by atoms with van der Waals surface area (Å²) in [5.74, 6) is 2.51. The first kappa shape index (κ1) is 13.4. The van der Waals surface area contributed by atoms with E-state index in [1.165, 1.54) is 31.2 Å². The Bertz CT molecular complexity index is 345. The van der Waals surface area contributed by atoms with E-state index in [1.54, 1.807) is 0 Å². The molecule has 0 saturated heterocycles. The quantitative estimate of drug-likeness (QED) is 0.858. The van der Waals surface area contributed by atoms with Crippen LogP contribution in [-0.2, 0) is 0 Å². The van der Waals surface area contributed by atoms with E-state index in [2.05, 4.69) is 36.6 Å². The SMILES string of the molecule is CCOc1ccc(C2CCCCC2CNC)cc1. The molecule has 0 radical (unpaired) electrons. The van der Waals surface area contributed by atoms with Gasteiger partial charge in [-0.05, 0) is 62.9 Å². The Hall–Kier alpha value is -1.02. The van der Waals surface area contributed by atoms with Crippen LogP contribution in [0.2, 0.25) is 0 Å². The minimum Gasteiger partial charge on any atom is -0.494 e. The molecule has 1 N–H and O–H groups in total. The van der Waals surface area contributed by atoms with Gasteiger partial charge in [0.2, 0.25) is 0 Å². The van der Waals surface area contributed by atoms with Gasteiger partial charge in [-0.25, -0.2) is 0 Å². The zero-order valence-electron chi connectivity index (χ0n) is 11.6. The van der Waals surface area contributed by atoms with Crippen LogP contribution in [0.1, 0.15) is 44.1 Å². The molecule has 0 heterocycles. The van der Waals surface area contributed by atoms with Crippen molar-refractivity contribution >= 4 is 0 Å². The lowest BCUT2D eigenvalue weighted by Crippen LogP contribution is -2.27. The highest BCUT2D eigenvalue weighted by atomic mass is 16.5. The molecule has 0 aliphatic heterocycles. The van der Waals surface area contributed by atoms with Crippen molar-refractivity contribution in [3.8, 4) is 5.75 Å². The molecule has 1 fully saturated rings. The van der Waals surface area contributed by atoms with E-state index < -0.39 is 0 Å². The number of nitrogens with one attached hydrogen (secondary N) is 1.